The molecule has 0 aliphatic heterocycles. The van der Waals surface area contributed by atoms with Crippen molar-refractivity contribution < 1.29 is 18.3 Å². The van der Waals surface area contributed by atoms with E-state index < -0.39 is 18.8 Å². The molecular formula is C13H24F3NO. The summed E-state index contributed by atoms with van der Waals surface area (Å²) in [6, 6.07) is 0. The number of hydrogen-bond donors (Lipinski definition) is 1. The van der Waals surface area contributed by atoms with Crippen LogP contribution < -0.4 is 0 Å². The first-order valence-electron chi connectivity index (χ1n) is 6.62. The Morgan fingerprint density at radius 1 is 1.28 bits per heavy atom. The van der Waals surface area contributed by atoms with E-state index in [2.05, 4.69) is 13.8 Å². The van der Waals surface area contributed by atoms with Crippen LogP contribution in [0, 0.1) is 17.8 Å². The van der Waals surface area contributed by atoms with Crippen molar-refractivity contribution in [1.82, 2.24) is 4.90 Å². The molecule has 5 heteroatoms. The third-order valence-electron chi connectivity index (χ3n) is 3.92. The molecule has 1 aliphatic rings. The lowest BCUT2D eigenvalue weighted by Gasteiger charge is -2.37. The van der Waals surface area contributed by atoms with Gasteiger partial charge in [-0.3, -0.25) is 4.90 Å². The van der Waals surface area contributed by atoms with Crippen LogP contribution in [0.2, 0.25) is 0 Å². The van der Waals surface area contributed by atoms with E-state index >= 15 is 0 Å². The SMILES string of the molecule is CC(C)C1CCC(O)C(CN(C)CC(F)(F)F)C1. The average Bonchev–Trinajstić information content (AvgIpc) is 2.18. The number of alkyl halides is 3. The predicted octanol–water partition coefficient (Wildman–Crippen LogP) is 2.91. The summed E-state index contributed by atoms with van der Waals surface area (Å²) >= 11 is 0. The molecule has 0 saturated heterocycles. The lowest BCUT2D eigenvalue weighted by Crippen LogP contribution is -2.41. The second-order valence-corrected chi connectivity index (χ2v) is 5.96. The highest BCUT2D eigenvalue weighted by molar-refractivity contribution is 4.83. The molecule has 3 atom stereocenters. The molecule has 1 saturated carbocycles. The third kappa shape index (κ3) is 5.14. The molecule has 0 heterocycles. The van der Waals surface area contributed by atoms with Gasteiger partial charge >= 0.3 is 6.18 Å². The highest BCUT2D eigenvalue weighted by Gasteiger charge is 2.34. The standard InChI is InChI=1S/C13H24F3NO/c1-9(2)10-4-5-12(18)11(6-10)7-17(3)8-13(14,15)16/h9-12,18H,4-8H2,1-3H3. The van der Waals surface area contributed by atoms with Gasteiger partial charge in [0.25, 0.3) is 0 Å². The molecule has 1 aliphatic carbocycles. The van der Waals surface area contributed by atoms with Gasteiger partial charge in [0.1, 0.15) is 0 Å². The fraction of sp³-hybridized carbons (Fsp3) is 1.00. The van der Waals surface area contributed by atoms with Gasteiger partial charge in [0.15, 0.2) is 0 Å². The highest BCUT2D eigenvalue weighted by atomic mass is 19.4. The summed E-state index contributed by atoms with van der Waals surface area (Å²) in [4.78, 5) is 1.27. The molecule has 3 unspecified atom stereocenters. The largest absolute Gasteiger partial charge is 0.401 e. The Morgan fingerprint density at radius 2 is 1.89 bits per heavy atom. The number of nitrogens with zero attached hydrogens (tertiary/aromatic N) is 1. The van der Waals surface area contributed by atoms with Crippen LogP contribution >= 0.6 is 0 Å². The minimum absolute atomic E-state index is 0.0292. The summed E-state index contributed by atoms with van der Waals surface area (Å²) in [5, 5.41) is 9.91. The highest BCUT2D eigenvalue weighted by Crippen LogP contribution is 2.34. The minimum atomic E-state index is -4.16. The van der Waals surface area contributed by atoms with Crippen LogP contribution in [-0.4, -0.2) is 42.4 Å². The molecule has 0 aromatic carbocycles. The number of hydrogen-bond acceptors (Lipinski definition) is 2. The maximum Gasteiger partial charge on any atom is 0.401 e. The molecule has 1 rings (SSSR count). The number of rotatable bonds is 4. The van der Waals surface area contributed by atoms with E-state index in [1.165, 1.54) is 11.9 Å². The quantitative estimate of drug-likeness (QED) is 0.846. The van der Waals surface area contributed by atoms with Crippen molar-refractivity contribution in [3.63, 3.8) is 0 Å². The summed E-state index contributed by atoms with van der Waals surface area (Å²) in [6.07, 6.45) is -2.07. The monoisotopic (exact) mass is 267 g/mol. The summed E-state index contributed by atoms with van der Waals surface area (Å²) in [5.41, 5.74) is 0. The Balaban J connectivity index is 2.48. The van der Waals surface area contributed by atoms with E-state index in [9.17, 15) is 18.3 Å². The van der Waals surface area contributed by atoms with E-state index in [0.717, 1.165) is 12.8 Å². The van der Waals surface area contributed by atoms with Crippen molar-refractivity contribution >= 4 is 0 Å². The first-order chi connectivity index (χ1) is 8.19. The van der Waals surface area contributed by atoms with Crippen LogP contribution in [0.3, 0.4) is 0 Å². The molecule has 1 fully saturated rings. The summed E-state index contributed by atoms with van der Waals surface area (Å²) < 4.78 is 36.8. The van der Waals surface area contributed by atoms with Crippen LogP contribution in [0.4, 0.5) is 13.2 Å². The van der Waals surface area contributed by atoms with Crippen molar-refractivity contribution in [2.45, 2.75) is 45.4 Å². The van der Waals surface area contributed by atoms with Crippen molar-refractivity contribution in [2.24, 2.45) is 17.8 Å². The fourth-order valence-electron chi connectivity index (χ4n) is 2.86. The van der Waals surface area contributed by atoms with Crippen LogP contribution in [0.1, 0.15) is 33.1 Å². The first kappa shape index (κ1) is 15.8. The van der Waals surface area contributed by atoms with Gasteiger partial charge in [0, 0.05) is 6.54 Å². The Kier molecular flexibility index (Phi) is 5.46. The second-order valence-electron chi connectivity index (χ2n) is 5.96. The Hall–Kier alpha value is -0.290. The molecule has 0 aromatic rings. The van der Waals surface area contributed by atoms with E-state index in [0.29, 0.717) is 24.8 Å². The summed E-state index contributed by atoms with van der Waals surface area (Å²) in [7, 11) is 1.47. The lowest BCUT2D eigenvalue weighted by molar-refractivity contribution is -0.146. The minimum Gasteiger partial charge on any atom is -0.393 e. The topological polar surface area (TPSA) is 23.5 Å². The smallest absolute Gasteiger partial charge is 0.393 e. The second kappa shape index (κ2) is 6.24. The molecule has 0 spiro atoms. The molecule has 1 N–H and O–H groups in total. The first-order valence-corrected chi connectivity index (χ1v) is 6.62. The fourth-order valence-corrected chi connectivity index (χ4v) is 2.86. The van der Waals surface area contributed by atoms with Crippen molar-refractivity contribution in [1.29, 1.82) is 0 Å². The van der Waals surface area contributed by atoms with Crippen LogP contribution in [0.25, 0.3) is 0 Å². The van der Waals surface area contributed by atoms with Crippen LogP contribution in [0.15, 0.2) is 0 Å². The lowest BCUT2D eigenvalue weighted by atomic mass is 9.74. The van der Waals surface area contributed by atoms with Gasteiger partial charge in [-0.05, 0) is 44.1 Å². The van der Waals surface area contributed by atoms with Gasteiger partial charge in [0.05, 0.1) is 12.6 Å². The van der Waals surface area contributed by atoms with Gasteiger partial charge in [0.2, 0.25) is 0 Å². The van der Waals surface area contributed by atoms with Crippen molar-refractivity contribution in [2.75, 3.05) is 20.1 Å². The average molecular weight is 267 g/mol. The van der Waals surface area contributed by atoms with Crippen LogP contribution in [-0.2, 0) is 0 Å². The molecule has 0 aromatic heterocycles. The van der Waals surface area contributed by atoms with E-state index in [1.807, 2.05) is 0 Å². The molecule has 0 amide bonds. The molecule has 0 bridgehead atoms. The Morgan fingerprint density at radius 3 is 2.39 bits per heavy atom. The third-order valence-corrected chi connectivity index (χ3v) is 3.92. The molecule has 0 radical (unpaired) electrons. The van der Waals surface area contributed by atoms with E-state index in [4.69, 9.17) is 0 Å². The maximum absolute atomic E-state index is 12.3. The van der Waals surface area contributed by atoms with Crippen molar-refractivity contribution in [3.8, 4) is 0 Å². The molecule has 108 valence electrons. The number of aliphatic hydroxyl groups is 1. The van der Waals surface area contributed by atoms with E-state index in [1.54, 1.807) is 0 Å². The van der Waals surface area contributed by atoms with Crippen molar-refractivity contribution in [3.05, 3.63) is 0 Å². The zero-order chi connectivity index (χ0) is 13.9. The molecule has 18 heavy (non-hydrogen) atoms. The summed E-state index contributed by atoms with van der Waals surface area (Å²) in [5.74, 6) is 1.03. The van der Waals surface area contributed by atoms with Gasteiger partial charge in [-0.15, -0.1) is 0 Å². The Labute approximate surface area is 107 Å². The zero-order valence-electron chi connectivity index (χ0n) is 11.4. The van der Waals surface area contributed by atoms with Gasteiger partial charge in [-0.1, -0.05) is 13.8 Å². The van der Waals surface area contributed by atoms with Gasteiger partial charge in [-0.2, -0.15) is 13.2 Å². The maximum atomic E-state index is 12.3. The number of aliphatic hydroxyl groups excluding tert-OH is 1. The Bertz CT molecular complexity index is 255. The van der Waals surface area contributed by atoms with Gasteiger partial charge < -0.3 is 5.11 Å². The number of halogens is 3. The van der Waals surface area contributed by atoms with Gasteiger partial charge in [-0.25, -0.2) is 0 Å². The molecular weight excluding hydrogens is 243 g/mol. The molecule has 2 nitrogen and oxygen atoms in total. The summed E-state index contributed by atoms with van der Waals surface area (Å²) in [6.45, 7) is 3.70. The van der Waals surface area contributed by atoms with E-state index in [-0.39, 0.29) is 5.92 Å². The normalized spacial score (nSPS) is 30.2. The van der Waals surface area contributed by atoms with Crippen LogP contribution in [0.5, 0.6) is 0 Å². The predicted molar refractivity (Wildman–Crippen MR) is 65.2 cm³/mol. The zero-order valence-corrected chi connectivity index (χ0v) is 11.4.